The topological polar surface area (TPSA) is 57.7 Å². The van der Waals surface area contributed by atoms with E-state index >= 15 is 0 Å². The van der Waals surface area contributed by atoms with Crippen LogP contribution in [0.3, 0.4) is 0 Å². The van der Waals surface area contributed by atoms with Crippen LogP contribution >= 0.6 is 0 Å². The zero-order valence-corrected chi connectivity index (χ0v) is 18.5. The zero-order valence-electron chi connectivity index (χ0n) is 17.7. The second-order valence-corrected chi connectivity index (χ2v) is 9.32. The van der Waals surface area contributed by atoms with Crippen LogP contribution < -0.4 is 9.21 Å². The molecular weight excluding hydrogens is 396 g/mol. The third kappa shape index (κ3) is 4.71. The Balaban J connectivity index is 2.03. The molecule has 0 saturated heterocycles. The summed E-state index contributed by atoms with van der Waals surface area (Å²) in [6, 6.07) is 21.4. The summed E-state index contributed by atoms with van der Waals surface area (Å²) in [5, 5.41) is 0. The Morgan fingerprint density at radius 2 is 1.33 bits per heavy atom. The molecule has 0 aromatic heterocycles. The van der Waals surface area contributed by atoms with Crippen molar-refractivity contribution in [1.82, 2.24) is 0 Å². The van der Waals surface area contributed by atoms with Gasteiger partial charge in [-0.15, -0.1) is 0 Å². The highest BCUT2D eigenvalue weighted by molar-refractivity contribution is 7.92. The van der Waals surface area contributed by atoms with Gasteiger partial charge in [0.05, 0.1) is 10.6 Å². The first-order valence-corrected chi connectivity index (χ1v) is 11.1. The number of para-hydroxylation sites is 1. The van der Waals surface area contributed by atoms with Crippen LogP contribution in [0.25, 0.3) is 0 Å². The maximum absolute atomic E-state index is 13.5. The fourth-order valence-electron chi connectivity index (χ4n) is 3.27. The Labute approximate surface area is 178 Å². The van der Waals surface area contributed by atoms with Gasteiger partial charge in [0.1, 0.15) is 6.54 Å². The minimum absolute atomic E-state index is 0.155. The van der Waals surface area contributed by atoms with Crippen molar-refractivity contribution in [2.75, 3.05) is 22.8 Å². The molecule has 5 nitrogen and oxygen atoms in total. The molecular formula is C24H26N2O3S. The lowest BCUT2D eigenvalue weighted by Gasteiger charge is -2.27. The number of benzene rings is 3. The van der Waals surface area contributed by atoms with Gasteiger partial charge in [0.15, 0.2) is 0 Å². The summed E-state index contributed by atoms with van der Waals surface area (Å²) in [6.07, 6.45) is 0. The van der Waals surface area contributed by atoms with Crippen LogP contribution in [0.4, 0.5) is 11.4 Å². The van der Waals surface area contributed by atoms with Gasteiger partial charge in [0.25, 0.3) is 10.0 Å². The minimum atomic E-state index is -3.93. The zero-order chi connectivity index (χ0) is 21.9. The van der Waals surface area contributed by atoms with Crippen molar-refractivity contribution in [2.45, 2.75) is 25.7 Å². The second kappa shape index (κ2) is 8.71. The number of carbonyl (C=O) groups is 1. The number of nitrogens with zero attached hydrogens (tertiary/aromatic N) is 2. The molecule has 0 spiro atoms. The molecule has 3 aromatic rings. The molecule has 0 unspecified atom stereocenters. The van der Waals surface area contributed by atoms with Crippen molar-refractivity contribution in [3.8, 4) is 0 Å². The Bertz CT molecular complexity index is 1120. The molecule has 30 heavy (non-hydrogen) atoms. The van der Waals surface area contributed by atoms with E-state index in [1.54, 1.807) is 43.4 Å². The lowest BCUT2D eigenvalue weighted by Crippen LogP contribution is -2.41. The van der Waals surface area contributed by atoms with E-state index in [9.17, 15) is 13.2 Å². The minimum Gasteiger partial charge on any atom is -0.314 e. The van der Waals surface area contributed by atoms with Crippen LogP contribution in [0, 0.1) is 20.8 Å². The quantitative estimate of drug-likeness (QED) is 0.589. The van der Waals surface area contributed by atoms with Crippen molar-refractivity contribution < 1.29 is 13.2 Å². The summed E-state index contributed by atoms with van der Waals surface area (Å²) in [4.78, 5) is 14.7. The molecule has 6 heteroatoms. The molecule has 0 radical (unpaired) electrons. The molecule has 0 atom stereocenters. The van der Waals surface area contributed by atoms with Gasteiger partial charge in [-0.3, -0.25) is 9.10 Å². The third-order valence-corrected chi connectivity index (χ3v) is 6.69. The number of anilines is 2. The summed E-state index contributed by atoms with van der Waals surface area (Å²) in [5.74, 6) is -0.323. The number of carbonyl (C=O) groups excluding carboxylic acids is 1. The van der Waals surface area contributed by atoms with E-state index in [0.29, 0.717) is 11.4 Å². The van der Waals surface area contributed by atoms with Gasteiger partial charge in [-0.2, -0.15) is 0 Å². The van der Waals surface area contributed by atoms with Crippen LogP contribution in [-0.4, -0.2) is 27.9 Å². The van der Waals surface area contributed by atoms with E-state index < -0.39 is 10.0 Å². The number of hydrogen-bond acceptors (Lipinski definition) is 3. The van der Waals surface area contributed by atoms with E-state index in [-0.39, 0.29) is 17.3 Å². The van der Waals surface area contributed by atoms with Crippen molar-refractivity contribution >= 4 is 27.3 Å². The van der Waals surface area contributed by atoms with E-state index in [1.165, 1.54) is 9.21 Å². The van der Waals surface area contributed by atoms with E-state index in [2.05, 4.69) is 0 Å². The van der Waals surface area contributed by atoms with E-state index in [4.69, 9.17) is 0 Å². The first-order valence-electron chi connectivity index (χ1n) is 9.68. The fourth-order valence-corrected chi connectivity index (χ4v) is 4.67. The van der Waals surface area contributed by atoms with Crippen LogP contribution in [0.15, 0.2) is 77.7 Å². The monoisotopic (exact) mass is 422 g/mol. The maximum atomic E-state index is 13.5. The van der Waals surface area contributed by atoms with Crippen LogP contribution in [0.1, 0.15) is 16.7 Å². The first-order chi connectivity index (χ1) is 14.2. The molecule has 0 aliphatic carbocycles. The van der Waals surface area contributed by atoms with Gasteiger partial charge in [-0.1, -0.05) is 42.0 Å². The van der Waals surface area contributed by atoms with Crippen molar-refractivity contribution in [3.63, 3.8) is 0 Å². The highest BCUT2D eigenvalue weighted by atomic mass is 32.2. The number of amides is 1. The molecule has 1 amide bonds. The Morgan fingerprint density at radius 3 is 1.90 bits per heavy atom. The highest BCUT2D eigenvalue weighted by Gasteiger charge is 2.28. The van der Waals surface area contributed by atoms with Gasteiger partial charge in [0.2, 0.25) is 5.91 Å². The van der Waals surface area contributed by atoms with E-state index in [0.717, 1.165) is 16.7 Å². The van der Waals surface area contributed by atoms with Crippen molar-refractivity contribution in [3.05, 3.63) is 89.5 Å². The van der Waals surface area contributed by atoms with Gasteiger partial charge < -0.3 is 4.90 Å². The van der Waals surface area contributed by atoms with Crippen LogP contribution in [0.2, 0.25) is 0 Å². The lowest BCUT2D eigenvalue weighted by atomic mass is 10.1. The van der Waals surface area contributed by atoms with E-state index in [1.807, 2.05) is 57.2 Å². The second-order valence-electron chi connectivity index (χ2n) is 7.46. The molecule has 0 N–H and O–H groups in total. The Morgan fingerprint density at radius 1 is 0.767 bits per heavy atom. The van der Waals surface area contributed by atoms with Crippen molar-refractivity contribution in [2.24, 2.45) is 0 Å². The number of likely N-dealkylation sites (N-methyl/N-ethyl adjacent to an activating group) is 1. The van der Waals surface area contributed by atoms with Gasteiger partial charge >= 0.3 is 0 Å². The number of hydrogen-bond donors (Lipinski definition) is 0. The predicted molar refractivity (Wildman–Crippen MR) is 121 cm³/mol. The maximum Gasteiger partial charge on any atom is 0.264 e. The van der Waals surface area contributed by atoms with Crippen LogP contribution in [-0.2, 0) is 14.8 Å². The van der Waals surface area contributed by atoms with Gasteiger partial charge in [-0.25, -0.2) is 8.42 Å². The third-order valence-electron chi connectivity index (χ3n) is 4.90. The molecule has 3 rings (SSSR count). The molecule has 0 aliphatic rings. The summed E-state index contributed by atoms with van der Waals surface area (Å²) in [5.41, 5.74) is 4.00. The van der Waals surface area contributed by atoms with Gasteiger partial charge in [0, 0.05) is 12.7 Å². The SMILES string of the molecule is Cc1ccc(S(=O)(=O)N(CC(=O)N(C)c2ccccc2)c2cc(C)cc(C)c2)cc1. The number of aryl methyl sites for hydroxylation is 3. The predicted octanol–water partition coefficient (Wildman–Crippen LogP) is 4.47. The molecule has 0 bridgehead atoms. The molecule has 0 aliphatic heterocycles. The summed E-state index contributed by atoms with van der Waals surface area (Å²) in [6.45, 7) is 5.41. The average Bonchev–Trinajstić information content (AvgIpc) is 2.71. The van der Waals surface area contributed by atoms with Crippen LogP contribution in [0.5, 0.6) is 0 Å². The Hall–Kier alpha value is -3.12. The van der Waals surface area contributed by atoms with Gasteiger partial charge in [-0.05, 0) is 68.3 Å². The molecule has 0 saturated carbocycles. The fraction of sp³-hybridized carbons (Fsp3) is 0.208. The molecule has 156 valence electrons. The summed E-state index contributed by atoms with van der Waals surface area (Å²) < 4.78 is 28.2. The largest absolute Gasteiger partial charge is 0.314 e. The first kappa shape index (κ1) is 21.6. The smallest absolute Gasteiger partial charge is 0.264 e. The van der Waals surface area contributed by atoms with Crippen molar-refractivity contribution in [1.29, 1.82) is 0 Å². The standard InChI is InChI=1S/C24H26N2O3S/c1-18-10-12-23(13-11-18)30(28,29)26(22-15-19(2)14-20(3)16-22)17-24(27)25(4)21-8-6-5-7-9-21/h5-16H,17H2,1-4H3. The number of rotatable bonds is 6. The molecule has 0 heterocycles. The lowest BCUT2D eigenvalue weighted by molar-refractivity contribution is -0.116. The molecule has 0 fully saturated rings. The Kier molecular flexibility index (Phi) is 6.27. The summed E-state index contributed by atoms with van der Waals surface area (Å²) in [7, 11) is -2.28. The average molecular weight is 423 g/mol. The summed E-state index contributed by atoms with van der Waals surface area (Å²) >= 11 is 0. The molecule has 3 aromatic carbocycles. The highest BCUT2D eigenvalue weighted by Crippen LogP contribution is 2.26. The number of sulfonamides is 1. The normalized spacial score (nSPS) is 11.2.